The maximum absolute atomic E-state index is 12.0. The Morgan fingerprint density at radius 3 is 3.11 bits per heavy atom. The summed E-state index contributed by atoms with van der Waals surface area (Å²) in [6.07, 6.45) is 3.44. The normalized spacial score (nSPS) is 19.1. The first-order valence-corrected chi connectivity index (χ1v) is 7.70. The van der Waals surface area contributed by atoms with Gasteiger partial charge in [0.15, 0.2) is 0 Å². The molecule has 4 heteroatoms. The molecule has 100 valence electrons. The number of fused-ring (bicyclic) bond motifs is 1. The molecule has 1 fully saturated rings. The number of ketones is 1. The zero-order chi connectivity index (χ0) is 13.1. The first-order valence-electron chi connectivity index (χ1n) is 6.88. The van der Waals surface area contributed by atoms with E-state index in [0.717, 1.165) is 30.0 Å². The van der Waals surface area contributed by atoms with Crippen LogP contribution in [0.25, 0.3) is 10.2 Å². The Bertz CT molecular complexity index is 539. The van der Waals surface area contributed by atoms with Crippen molar-refractivity contribution < 1.29 is 4.79 Å². The molecule has 19 heavy (non-hydrogen) atoms. The molecular formula is C15H18N2OS. The van der Waals surface area contributed by atoms with Crippen LogP contribution in [0.1, 0.15) is 24.3 Å². The Labute approximate surface area is 117 Å². The number of thiazole rings is 1. The molecule has 3 nitrogen and oxygen atoms in total. The number of carbonyl (C=O) groups is 1. The number of hydrogen-bond donors (Lipinski definition) is 1. The predicted octanol–water partition coefficient (Wildman–Crippen LogP) is 2.80. The molecule has 1 atom stereocenters. The minimum atomic E-state index is 0.325. The van der Waals surface area contributed by atoms with Gasteiger partial charge in [0.1, 0.15) is 10.8 Å². The van der Waals surface area contributed by atoms with Crippen molar-refractivity contribution in [2.75, 3.05) is 13.1 Å². The van der Waals surface area contributed by atoms with Crippen molar-refractivity contribution in [3.05, 3.63) is 29.3 Å². The molecule has 2 aromatic rings. The molecule has 0 spiro atoms. The first-order chi connectivity index (χ1) is 9.31. The van der Waals surface area contributed by atoms with Crippen molar-refractivity contribution in [1.82, 2.24) is 10.3 Å². The maximum atomic E-state index is 12.0. The number of nitrogens with zero attached hydrogens (tertiary/aromatic N) is 1. The lowest BCUT2D eigenvalue weighted by molar-refractivity contribution is -0.118. The number of hydrogen-bond acceptors (Lipinski definition) is 4. The molecule has 1 aromatic carbocycles. The van der Waals surface area contributed by atoms with Crippen LogP contribution in [-0.4, -0.2) is 23.9 Å². The number of Topliss-reactive ketones (excluding diaryl/α,β-unsaturated/α-hetero) is 1. The Balaban J connectivity index is 1.56. The minimum absolute atomic E-state index is 0.325. The molecule has 0 saturated carbocycles. The second-order valence-electron chi connectivity index (χ2n) is 5.19. The third kappa shape index (κ3) is 3.19. The number of nitrogens with one attached hydrogen (secondary N) is 1. The molecule has 1 aliphatic rings. The Hall–Kier alpha value is -1.26. The molecule has 0 bridgehead atoms. The number of rotatable bonds is 5. The van der Waals surface area contributed by atoms with Gasteiger partial charge >= 0.3 is 0 Å². The molecule has 1 unspecified atom stereocenters. The third-order valence-corrected chi connectivity index (χ3v) is 4.72. The van der Waals surface area contributed by atoms with Crippen LogP contribution in [0.2, 0.25) is 0 Å². The summed E-state index contributed by atoms with van der Waals surface area (Å²) >= 11 is 1.64. The summed E-state index contributed by atoms with van der Waals surface area (Å²) in [4.78, 5) is 16.5. The van der Waals surface area contributed by atoms with E-state index in [4.69, 9.17) is 0 Å². The van der Waals surface area contributed by atoms with Gasteiger partial charge in [0.25, 0.3) is 0 Å². The summed E-state index contributed by atoms with van der Waals surface area (Å²) in [6.45, 7) is 2.19. The maximum Gasteiger partial charge on any atom is 0.139 e. The zero-order valence-corrected chi connectivity index (χ0v) is 11.7. The lowest BCUT2D eigenvalue weighted by Crippen LogP contribution is -2.11. The molecule has 0 amide bonds. The Kier molecular flexibility index (Phi) is 3.89. The summed E-state index contributed by atoms with van der Waals surface area (Å²) in [7, 11) is 0. The number of aromatic nitrogens is 1. The lowest BCUT2D eigenvalue weighted by atomic mass is 10.00. The van der Waals surface area contributed by atoms with Crippen LogP contribution in [0.3, 0.4) is 0 Å². The fourth-order valence-electron chi connectivity index (χ4n) is 2.58. The quantitative estimate of drug-likeness (QED) is 0.911. The van der Waals surface area contributed by atoms with Gasteiger partial charge in [0, 0.05) is 6.42 Å². The monoisotopic (exact) mass is 274 g/mol. The van der Waals surface area contributed by atoms with Gasteiger partial charge in [-0.3, -0.25) is 4.79 Å². The molecule has 0 radical (unpaired) electrons. The van der Waals surface area contributed by atoms with Gasteiger partial charge in [-0.05, 0) is 44.0 Å². The van der Waals surface area contributed by atoms with Crippen LogP contribution in [-0.2, 0) is 11.2 Å². The van der Waals surface area contributed by atoms with E-state index < -0.39 is 0 Å². The highest BCUT2D eigenvalue weighted by Gasteiger charge is 2.16. The molecule has 1 saturated heterocycles. The van der Waals surface area contributed by atoms with E-state index in [9.17, 15) is 4.79 Å². The van der Waals surface area contributed by atoms with Crippen LogP contribution < -0.4 is 5.32 Å². The third-order valence-electron chi connectivity index (χ3n) is 3.68. The SMILES string of the molecule is O=C(CCC1CCNC1)Cc1nc2ccccc2s1. The highest BCUT2D eigenvalue weighted by Crippen LogP contribution is 2.23. The fourth-order valence-corrected chi connectivity index (χ4v) is 3.57. The summed E-state index contributed by atoms with van der Waals surface area (Å²) < 4.78 is 1.17. The second-order valence-corrected chi connectivity index (χ2v) is 6.30. The van der Waals surface area contributed by atoms with Crippen molar-refractivity contribution in [2.24, 2.45) is 5.92 Å². The average molecular weight is 274 g/mol. The van der Waals surface area contributed by atoms with E-state index in [1.807, 2.05) is 18.2 Å². The standard InChI is InChI=1S/C15H18N2OS/c18-12(6-5-11-7-8-16-10-11)9-15-17-13-3-1-2-4-14(13)19-15/h1-4,11,16H,5-10H2. The van der Waals surface area contributed by atoms with E-state index in [2.05, 4.69) is 16.4 Å². The molecule has 1 N–H and O–H groups in total. The molecule has 2 heterocycles. The van der Waals surface area contributed by atoms with Gasteiger partial charge in [-0.2, -0.15) is 0 Å². The molecular weight excluding hydrogens is 256 g/mol. The molecule has 1 aromatic heterocycles. The van der Waals surface area contributed by atoms with Gasteiger partial charge < -0.3 is 5.32 Å². The topological polar surface area (TPSA) is 42.0 Å². The van der Waals surface area contributed by atoms with Gasteiger partial charge in [-0.1, -0.05) is 12.1 Å². The van der Waals surface area contributed by atoms with E-state index in [-0.39, 0.29) is 0 Å². The largest absolute Gasteiger partial charge is 0.316 e. The van der Waals surface area contributed by atoms with Crippen LogP contribution in [0.5, 0.6) is 0 Å². The van der Waals surface area contributed by atoms with Crippen molar-refractivity contribution in [1.29, 1.82) is 0 Å². The smallest absolute Gasteiger partial charge is 0.139 e. The van der Waals surface area contributed by atoms with Crippen molar-refractivity contribution in [3.8, 4) is 0 Å². The predicted molar refractivity (Wildman–Crippen MR) is 78.5 cm³/mol. The number of para-hydroxylation sites is 1. The van der Waals surface area contributed by atoms with E-state index in [0.29, 0.717) is 24.5 Å². The van der Waals surface area contributed by atoms with E-state index >= 15 is 0 Å². The van der Waals surface area contributed by atoms with Gasteiger partial charge in [0.05, 0.1) is 16.6 Å². The van der Waals surface area contributed by atoms with Crippen LogP contribution >= 0.6 is 11.3 Å². The van der Waals surface area contributed by atoms with Crippen LogP contribution in [0, 0.1) is 5.92 Å². The summed E-state index contributed by atoms with van der Waals surface area (Å²) in [5, 5.41) is 4.30. The van der Waals surface area contributed by atoms with Gasteiger partial charge in [-0.15, -0.1) is 11.3 Å². The summed E-state index contributed by atoms with van der Waals surface area (Å²) in [5.41, 5.74) is 1.01. The first kappa shape index (κ1) is 12.8. The molecule has 0 aliphatic carbocycles. The Morgan fingerprint density at radius 1 is 1.42 bits per heavy atom. The highest BCUT2D eigenvalue weighted by molar-refractivity contribution is 7.18. The van der Waals surface area contributed by atoms with Gasteiger partial charge in [0.2, 0.25) is 0 Å². The minimum Gasteiger partial charge on any atom is -0.316 e. The van der Waals surface area contributed by atoms with Gasteiger partial charge in [-0.25, -0.2) is 4.98 Å². The zero-order valence-electron chi connectivity index (χ0n) is 10.9. The molecule has 1 aliphatic heterocycles. The number of carbonyl (C=O) groups excluding carboxylic acids is 1. The van der Waals surface area contributed by atoms with E-state index in [1.165, 1.54) is 11.1 Å². The highest BCUT2D eigenvalue weighted by atomic mass is 32.1. The fraction of sp³-hybridized carbons (Fsp3) is 0.467. The van der Waals surface area contributed by atoms with Crippen molar-refractivity contribution in [3.63, 3.8) is 0 Å². The summed E-state index contributed by atoms with van der Waals surface area (Å²) in [5.74, 6) is 1.02. The summed E-state index contributed by atoms with van der Waals surface area (Å²) in [6, 6.07) is 8.06. The number of benzene rings is 1. The Morgan fingerprint density at radius 2 is 2.32 bits per heavy atom. The lowest BCUT2D eigenvalue weighted by Gasteiger charge is -2.05. The van der Waals surface area contributed by atoms with Crippen molar-refractivity contribution >= 4 is 27.3 Å². The van der Waals surface area contributed by atoms with Crippen LogP contribution in [0.4, 0.5) is 0 Å². The average Bonchev–Trinajstić information content (AvgIpc) is 3.04. The van der Waals surface area contributed by atoms with Crippen molar-refractivity contribution in [2.45, 2.75) is 25.7 Å². The second kappa shape index (κ2) is 5.80. The molecule has 3 rings (SSSR count). The van der Waals surface area contributed by atoms with E-state index in [1.54, 1.807) is 11.3 Å². The van der Waals surface area contributed by atoms with Crippen LogP contribution in [0.15, 0.2) is 24.3 Å².